The van der Waals surface area contributed by atoms with Gasteiger partial charge in [-0.15, -0.1) is 0 Å². The third kappa shape index (κ3) is 27.7. The second-order valence-corrected chi connectivity index (χ2v) is 32.6. The molecule has 28 heteroatoms. The minimum atomic E-state index is -1.04. The van der Waals surface area contributed by atoms with Gasteiger partial charge < -0.3 is 52.7 Å². The van der Waals surface area contributed by atoms with Crippen LogP contribution >= 0.6 is 22.9 Å². The number of amides is 1. The molecular formula is C92H107ClF6N8O12S. The van der Waals surface area contributed by atoms with Gasteiger partial charge in [0.2, 0.25) is 0 Å². The zero-order valence-corrected chi connectivity index (χ0v) is 69.9. The molecule has 0 aliphatic heterocycles. The summed E-state index contributed by atoms with van der Waals surface area (Å²) in [6.07, 6.45) is 40.3. The number of benzene rings is 3. The normalized spacial score (nSPS) is 14.8. The van der Waals surface area contributed by atoms with Crippen molar-refractivity contribution in [2.24, 2.45) is 29.6 Å². The van der Waals surface area contributed by atoms with Crippen LogP contribution in [-0.4, -0.2) is 107 Å². The van der Waals surface area contributed by atoms with Crippen molar-refractivity contribution in [3.63, 3.8) is 0 Å². The van der Waals surface area contributed by atoms with Crippen LogP contribution in [0.15, 0.2) is 140 Å². The van der Waals surface area contributed by atoms with Gasteiger partial charge in [0.05, 0.1) is 52.3 Å². The van der Waals surface area contributed by atoms with Gasteiger partial charge in [0.15, 0.2) is 10.9 Å². The van der Waals surface area contributed by atoms with Crippen molar-refractivity contribution in [2.75, 3.05) is 31.7 Å². The summed E-state index contributed by atoms with van der Waals surface area (Å²) >= 11 is 7.05. The molecule has 0 radical (unpaired) electrons. The molecule has 15 rings (SSSR count). The predicted molar refractivity (Wildman–Crippen MR) is 447 cm³/mol. The number of carboxylic acid groups (broad SMARTS) is 1. The SMILES string of the molecule is CCOC(=O)c1cc(C(=O)C2CCCC2)c[nH]1.CCOC(=O)c1cc(CC2CCCC2)c[nH]1.CCOC(=O)c1cc(CC2CCCC2)cn1Cc1ccc(F)cc1F.CCOC(=O)c1ccc[nH]1.O=C(Nc1ncc(Cl)s1)c1cc(CC2CCCC2)cn1Cc1ccc(F)cc1F.O=C(O)c1cc(CC2CCCC2)cn1Cc1ccc(F)cc1F. The molecule has 0 unspecified atom stereocenters. The molecule has 5 fully saturated rings. The number of rotatable bonds is 27. The molecule has 642 valence electrons. The van der Waals surface area contributed by atoms with Crippen molar-refractivity contribution >= 4 is 69.6 Å². The molecule has 0 spiro atoms. The first-order chi connectivity index (χ1) is 57.9. The number of hydrogen-bond acceptors (Lipinski definition) is 13. The molecule has 0 atom stereocenters. The predicted octanol–water partition coefficient (Wildman–Crippen LogP) is 21.6. The van der Waals surface area contributed by atoms with E-state index in [0.29, 0.717) is 92.2 Å². The second kappa shape index (κ2) is 46.2. The summed E-state index contributed by atoms with van der Waals surface area (Å²) in [5, 5.41) is 12.5. The van der Waals surface area contributed by atoms with Gasteiger partial charge in [-0.05, 0) is 173 Å². The quantitative estimate of drug-likeness (QED) is 0.0139. The first-order valence-corrected chi connectivity index (χ1v) is 42.9. The third-order valence-electron chi connectivity index (χ3n) is 22.1. The Morgan fingerprint density at radius 2 is 0.842 bits per heavy atom. The number of carboxylic acids is 1. The maximum atomic E-state index is 14.2. The van der Waals surface area contributed by atoms with E-state index in [4.69, 9.17) is 30.5 Å². The number of carbonyl (C=O) groups is 7. The zero-order chi connectivity index (χ0) is 85.6. The molecule has 5 aliphatic carbocycles. The summed E-state index contributed by atoms with van der Waals surface area (Å²) in [4.78, 5) is 94.9. The molecule has 3 aromatic carbocycles. The standard InChI is InChI=1S/C21H20ClF2N3OS.C20H23F2NO2.C18H19F2NO2.C13H17NO3.C13H19NO2.C7H9NO2/c22-19-10-25-21(29-19)26-20(28)18-8-14(7-13-3-1-2-4-13)11-27(18)12-15-5-6-16(23)9-17(15)24;1-2-25-20(24)19-10-15(9-14-5-3-4-6-14)12-23(19)13-16-7-8-17(21)11-18(16)22;19-15-6-5-14(16(20)9-15)11-21-10-13(8-17(21)18(22)23)7-12-3-1-2-4-12;1-2-17-13(16)11-7-10(8-14-11)12(15)9-5-3-4-6-9;1-2-16-13(15)12-8-11(9-14-12)7-10-5-3-4-6-10;1-2-10-7(9)6-4-3-5-8-6/h5-6,8-11,13H,1-4,7,12H2,(H,25,26,28);7-8,10-12,14H,2-6,9,13H2,1H3;5-6,8-10,12H,1-4,7,11H2,(H,22,23);7-9,14H,2-6H2,1H3;8-10,14H,2-7H2,1H3;3-5,8H,2H2,1H3. The van der Waals surface area contributed by atoms with Crippen molar-refractivity contribution in [1.82, 2.24) is 33.6 Å². The maximum absolute atomic E-state index is 14.2. The lowest BCUT2D eigenvalue weighted by Crippen LogP contribution is -2.17. The molecule has 5 saturated carbocycles. The van der Waals surface area contributed by atoms with Crippen LogP contribution < -0.4 is 5.32 Å². The van der Waals surface area contributed by atoms with E-state index in [-0.39, 0.29) is 67.0 Å². The number of nitrogens with one attached hydrogen (secondary N) is 4. The highest BCUT2D eigenvalue weighted by molar-refractivity contribution is 7.19. The molecule has 7 aromatic heterocycles. The number of thiazole rings is 1. The Morgan fingerprint density at radius 3 is 1.25 bits per heavy atom. The maximum Gasteiger partial charge on any atom is 0.354 e. The van der Waals surface area contributed by atoms with Crippen LogP contribution in [0.25, 0.3) is 0 Å². The topological polar surface area (TPSA) is 264 Å². The number of esters is 4. The average Bonchev–Trinajstić information content (AvgIpc) is 1.67. The van der Waals surface area contributed by atoms with E-state index in [1.165, 1.54) is 167 Å². The van der Waals surface area contributed by atoms with E-state index in [2.05, 4.69) is 25.3 Å². The Balaban J connectivity index is 0.000000155. The van der Waals surface area contributed by atoms with E-state index in [1.54, 1.807) is 72.8 Å². The minimum Gasteiger partial charge on any atom is -0.477 e. The van der Waals surface area contributed by atoms with Gasteiger partial charge in [-0.1, -0.05) is 157 Å². The first kappa shape index (κ1) is 91.6. The van der Waals surface area contributed by atoms with Gasteiger partial charge >= 0.3 is 29.8 Å². The molecule has 5 aliphatic rings. The summed E-state index contributed by atoms with van der Waals surface area (Å²) in [6.45, 7) is 8.96. The molecule has 20 nitrogen and oxygen atoms in total. The summed E-state index contributed by atoms with van der Waals surface area (Å²) in [5.41, 5.74) is 8.25. The van der Waals surface area contributed by atoms with Gasteiger partial charge in [0.1, 0.15) is 73.4 Å². The Labute approximate surface area is 704 Å². The van der Waals surface area contributed by atoms with Crippen LogP contribution in [0.3, 0.4) is 0 Å². The van der Waals surface area contributed by atoms with Crippen molar-refractivity contribution in [1.29, 1.82) is 0 Å². The number of aromatic amines is 3. The van der Waals surface area contributed by atoms with Crippen LogP contribution in [0.5, 0.6) is 0 Å². The first-order valence-electron chi connectivity index (χ1n) is 41.7. The minimum absolute atomic E-state index is 0.0818. The summed E-state index contributed by atoms with van der Waals surface area (Å²) in [7, 11) is 0. The highest BCUT2D eigenvalue weighted by atomic mass is 35.5. The summed E-state index contributed by atoms with van der Waals surface area (Å²) in [6, 6.07) is 22.7. The van der Waals surface area contributed by atoms with Crippen molar-refractivity contribution < 1.29 is 84.0 Å². The summed E-state index contributed by atoms with van der Waals surface area (Å²) in [5.74, 6) is -3.55. The lowest BCUT2D eigenvalue weighted by molar-refractivity contribution is 0.0506. The van der Waals surface area contributed by atoms with E-state index in [9.17, 15) is 65.0 Å². The van der Waals surface area contributed by atoms with Crippen LogP contribution in [0.1, 0.15) is 268 Å². The van der Waals surface area contributed by atoms with Crippen molar-refractivity contribution in [3.8, 4) is 0 Å². The Morgan fingerprint density at radius 1 is 0.458 bits per heavy atom. The highest BCUT2D eigenvalue weighted by Crippen LogP contribution is 2.35. The Kier molecular flexibility index (Phi) is 35.3. The number of anilines is 1. The van der Waals surface area contributed by atoms with Gasteiger partial charge in [0.25, 0.3) is 5.91 Å². The van der Waals surface area contributed by atoms with Gasteiger partial charge in [0, 0.05) is 83.6 Å². The molecule has 7 heterocycles. The zero-order valence-electron chi connectivity index (χ0n) is 68.4. The fourth-order valence-corrected chi connectivity index (χ4v) is 17.0. The van der Waals surface area contributed by atoms with Gasteiger partial charge in [-0.3, -0.25) is 14.9 Å². The third-order valence-corrected chi connectivity index (χ3v) is 23.1. The Bertz CT molecular complexity index is 4990. The monoisotopic (exact) mass is 1700 g/mol. The van der Waals surface area contributed by atoms with Gasteiger partial charge in [-0.25, -0.2) is 55.3 Å². The number of H-pyrrole nitrogens is 3. The summed E-state index contributed by atoms with van der Waals surface area (Å²) < 4.78 is 106. The number of Topliss-reactive ketones (excluding diaryl/α,β-unsaturated/α-hetero) is 1. The van der Waals surface area contributed by atoms with Crippen molar-refractivity contribution in [3.05, 3.63) is 258 Å². The van der Waals surface area contributed by atoms with Crippen molar-refractivity contribution in [2.45, 2.75) is 201 Å². The fraction of sp³-hybridized carbons (Fsp3) is 0.435. The number of ketones is 1. The second-order valence-electron chi connectivity index (χ2n) is 31.0. The smallest absolute Gasteiger partial charge is 0.354 e. The van der Waals surface area contributed by atoms with Crippen LogP contribution in [0.2, 0.25) is 4.34 Å². The van der Waals surface area contributed by atoms with Crippen LogP contribution in [-0.2, 0) is 64.3 Å². The number of hydrogen-bond donors (Lipinski definition) is 5. The van der Waals surface area contributed by atoms with E-state index in [0.717, 1.165) is 92.2 Å². The highest BCUT2D eigenvalue weighted by Gasteiger charge is 2.28. The molecule has 120 heavy (non-hydrogen) atoms. The van der Waals surface area contributed by atoms with Crippen LogP contribution in [0, 0.1) is 64.5 Å². The van der Waals surface area contributed by atoms with Crippen LogP contribution in [0.4, 0.5) is 31.5 Å². The fourth-order valence-electron chi connectivity index (χ4n) is 16.2. The van der Waals surface area contributed by atoms with E-state index >= 15 is 0 Å². The number of aromatic carboxylic acids is 1. The number of halogens is 7. The molecular weight excluding hydrogens is 1590 g/mol. The molecule has 0 bridgehead atoms. The van der Waals surface area contributed by atoms with Gasteiger partial charge in [-0.2, -0.15) is 0 Å². The average molecular weight is 1700 g/mol. The number of carbonyl (C=O) groups excluding carboxylic acids is 6. The number of aromatic nitrogens is 7. The number of nitrogens with zero attached hydrogens (tertiary/aromatic N) is 4. The van der Waals surface area contributed by atoms with E-state index in [1.807, 2.05) is 43.7 Å². The van der Waals surface area contributed by atoms with E-state index < -0.39 is 52.8 Å². The molecule has 0 saturated heterocycles. The molecule has 10 aromatic rings. The number of ether oxygens (including phenoxy) is 4. The molecule has 1 amide bonds. The largest absolute Gasteiger partial charge is 0.477 e. The molecule has 5 N–H and O–H groups in total. The lowest BCUT2D eigenvalue weighted by Gasteiger charge is -2.10. The Hall–Kier alpha value is -10.7. The lowest BCUT2D eigenvalue weighted by atomic mass is 9.98.